The van der Waals surface area contributed by atoms with Gasteiger partial charge < -0.3 is 0 Å². The van der Waals surface area contributed by atoms with E-state index in [1.54, 1.807) is 0 Å². The Morgan fingerprint density at radius 3 is 2.00 bits per heavy atom. The Morgan fingerprint density at radius 1 is 1.09 bits per heavy atom. The van der Waals surface area contributed by atoms with Gasteiger partial charge in [0.25, 0.3) is 0 Å². The summed E-state index contributed by atoms with van der Waals surface area (Å²) in [7, 11) is 0. The first-order valence-electron chi connectivity index (χ1n) is 3.72. The highest BCUT2D eigenvalue weighted by atomic mass is 35.5. The van der Waals surface area contributed by atoms with E-state index >= 15 is 0 Å². The van der Waals surface area contributed by atoms with Gasteiger partial charge in [-0.15, -0.1) is 0 Å². The van der Waals surface area contributed by atoms with Crippen molar-refractivity contribution in [2.45, 2.75) is 27.7 Å². The Balaban J connectivity index is 4.27. The summed E-state index contributed by atoms with van der Waals surface area (Å²) in [4.78, 5) is 0. The van der Waals surface area contributed by atoms with Crippen molar-refractivity contribution in [3.8, 4) is 0 Å². The monoisotopic (exact) mass is 170 g/mol. The molecule has 0 bridgehead atoms. The van der Waals surface area contributed by atoms with Crippen molar-refractivity contribution in [1.82, 2.24) is 0 Å². The van der Waals surface area contributed by atoms with Gasteiger partial charge in [-0.05, 0) is 33.8 Å². The molecule has 0 radical (unpaired) electrons. The van der Waals surface area contributed by atoms with Gasteiger partial charge in [0.2, 0.25) is 0 Å². The lowest BCUT2D eigenvalue weighted by molar-refractivity contribution is 1.37. The van der Waals surface area contributed by atoms with Crippen LogP contribution >= 0.6 is 11.6 Å². The fraction of sp³-hybridized carbons (Fsp3) is 0.400. The third-order valence-electron chi connectivity index (χ3n) is 1.43. The Morgan fingerprint density at radius 2 is 1.64 bits per heavy atom. The molecule has 62 valence electrons. The van der Waals surface area contributed by atoms with Crippen LogP contribution in [0.1, 0.15) is 27.7 Å². The molecule has 0 amide bonds. The molecule has 0 N–H and O–H groups in total. The maximum absolute atomic E-state index is 5.88. The van der Waals surface area contributed by atoms with Gasteiger partial charge >= 0.3 is 0 Å². The zero-order valence-corrected chi connectivity index (χ0v) is 8.37. The van der Waals surface area contributed by atoms with Crippen molar-refractivity contribution < 1.29 is 0 Å². The summed E-state index contributed by atoms with van der Waals surface area (Å²) >= 11 is 5.88. The van der Waals surface area contributed by atoms with Crippen LogP contribution in [0.5, 0.6) is 0 Å². The van der Waals surface area contributed by atoms with Crippen molar-refractivity contribution in [3.63, 3.8) is 0 Å². The number of hydrogen-bond donors (Lipinski definition) is 0. The Kier molecular flexibility index (Phi) is 4.97. The summed E-state index contributed by atoms with van der Waals surface area (Å²) in [6, 6.07) is 0. The molecule has 0 atom stereocenters. The minimum Gasteiger partial charge on any atom is -0.0847 e. The summed E-state index contributed by atoms with van der Waals surface area (Å²) in [5.41, 5.74) is 2.37. The smallest absolute Gasteiger partial charge is 0.0392 e. The van der Waals surface area contributed by atoms with E-state index in [0.29, 0.717) is 0 Å². The standard InChI is InChI=1S/C10H15Cl/c1-5-9(4)6-7-10(11)8(2)3/h5-7H,1-4H3/b7-6-,9-5+. The summed E-state index contributed by atoms with van der Waals surface area (Å²) in [6.07, 6.45) is 5.98. The van der Waals surface area contributed by atoms with Crippen LogP contribution in [0.4, 0.5) is 0 Å². The van der Waals surface area contributed by atoms with Gasteiger partial charge in [0, 0.05) is 5.03 Å². The molecule has 0 rings (SSSR count). The molecule has 0 saturated heterocycles. The van der Waals surface area contributed by atoms with E-state index in [0.717, 1.165) is 10.6 Å². The Bertz CT molecular complexity index is 203. The van der Waals surface area contributed by atoms with Crippen LogP contribution in [0.15, 0.2) is 34.4 Å². The zero-order chi connectivity index (χ0) is 8.85. The van der Waals surface area contributed by atoms with E-state index in [1.807, 2.05) is 45.9 Å². The lowest BCUT2D eigenvalue weighted by atomic mass is 10.2. The normalized spacial score (nSPS) is 12.3. The molecule has 0 heterocycles. The molecule has 0 aromatic carbocycles. The molecule has 0 saturated carbocycles. The largest absolute Gasteiger partial charge is 0.0847 e. The maximum Gasteiger partial charge on any atom is 0.0392 e. The summed E-state index contributed by atoms with van der Waals surface area (Å²) < 4.78 is 0. The molecule has 0 nitrogen and oxygen atoms in total. The van der Waals surface area contributed by atoms with Gasteiger partial charge in [0.15, 0.2) is 0 Å². The maximum atomic E-state index is 5.88. The Hall–Kier alpha value is -0.490. The minimum absolute atomic E-state index is 0.825. The van der Waals surface area contributed by atoms with E-state index in [-0.39, 0.29) is 0 Å². The third-order valence-corrected chi connectivity index (χ3v) is 1.93. The second kappa shape index (κ2) is 5.20. The second-order valence-electron chi connectivity index (χ2n) is 2.71. The molecule has 0 aromatic rings. The fourth-order valence-electron chi connectivity index (χ4n) is 0.468. The van der Waals surface area contributed by atoms with Crippen molar-refractivity contribution in [1.29, 1.82) is 0 Å². The SMILES string of the molecule is C/C=C(C)/C=C\C(Cl)=C(C)C. The van der Waals surface area contributed by atoms with E-state index < -0.39 is 0 Å². The molecular weight excluding hydrogens is 156 g/mol. The van der Waals surface area contributed by atoms with E-state index in [9.17, 15) is 0 Å². The van der Waals surface area contributed by atoms with Gasteiger partial charge in [-0.2, -0.15) is 0 Å². The average Bonchev–Trinajstić information content (AvgIpc) is 1.99. The van der Waals surface area contributed by atoms with Crippen LogP contribution in [0.2, 0.25) is 0 Å². The first kappa shape index (κ1) is 10.5. The molecule has 0 fully saturated rings. The first-order chi connectivity index (χ1) is 5.07. The van der Waals surface area contributed by atoms with Gasteiger partial charge in [-0.3, -0.25) is 0 Å². The zero-order valence-electron chi connectivity index (χ0n) is 7.61. The third kappa shape index (κ3) is 4.86. The van der Waals surface area contributed by atoms with Gasteiger partial charge in [-0.25, -0.2) is 0 Å². The van der Waals surface area contributed by atoms with Gasteiger partial charge in [-0.1, -0.05) is 34.9 Å². The van der Waals surface area contributed by atoms with Crippen molar-refractivity contribution in [3.05, 3.63) is 34.4 Å². The predicted octanol–water partition coefficient (Wildman–Crippen LogP) is 4.04. The molecular formula is C10H15Cl. The van der Waals surface area contributed by atoms with Crippen molar-refractivity contribution in [2.75, 3.05) is 0 Å². The summed E-state index contributed by atoms with van der Waals surface area (Å²) in [6.45, 7) is 8.05. The van der Waals surface area contributed by atoms with Crippen molar-refractivity contribution in [2.24, 2.45) is 0 Å². The van der Waals surface area contributed by atoms with Crippen LogP contribution in [0.25, 0.3) is 0 Å². The molecule has 1 heteroatoms. The highest BCUT2D eigenvalue weighted by Crippen LogP contribution is 2.10. The first-order valence-corrected chi connectivity index (χ1v) is 4.09. The van der Waals surface area contributed by atoms with Gasteiger partial charge in [0.05, 0.1) is 0 Å². The molecule has 0 aliphatic heterocycles. The van der Waals surface area contributed by atoms with Crippen LogP contribution < -0.4 is 0 Å². The number of allylic oxidation sites excluding steroid dienone is 6. The summed E-state index contributed by atoms with van der Waals surface area (Å²) in [5.74, 6) is 0. The topological polar surface area (TPSA) is 0 Å². The fourth-order valence-corrected chi connectivity index (χ4v) is 0.530. The number of rotatable bonds is 2. The molecule has 0 unspecified atom stereocenters. The highest BCUT2D eigenvalue weighted by molar-refractivity contribution is 6.31. The van der Waals surface area contributed by atoms with Crippen LogP contribution in [-0.4, -0.2) is 0 Å². The molecule has 0 aliphatic carbocycles. The van der Waals surface area contributed by atoms with Crippen molar-refractivity contribution >= 4 is 11.6 Å². The minimum atomic E-state index is 0.825. The number of halogens is 1. The quantitative estimate of drug-likeness (QED) is 0.549. The van der Waals surface area contributed by atoms with Gasteiger partial charge in [0.1, 0.15) is 0 Å². The molecule has 0 aromatic heterocycles. The Labute approximate surface area is 74.3 Å². The van der Waals surface area contributed by atoms with E-state index in [1.165, 1.54) is 5.57 Å². The lowest BCUT2D eigenvalue weighted by Crippen LogP contribution is -1.71. The predicted molar refractivity (Wildman–Crippen MR) is 52.8 cm³/mol. The van der Waals surface area contributed by atoms with E-state index in [2.05, 4.69) is 0 Å². The lowest BCUT2D eigenvalue weighted by Gasteiger charge is -1.92. The second-order valence-corrected chi connectivity index (χ2v) is 3.12. The number of hydrogen-bond acceptors (Lipinski definition) is 0. The molecule has 0 spiro atoms. The van der Waals surface area contributed by atoms with Crippen LogP contribution in [0.3, 0.4) is 0 Å². The van der Waals surface area contributed by atoms with E-state index in [4.69, 9.17) is 11.6 Å². The average molecular weight is 171 g/mol. The highest BCUT2D eigenvalue weighted by Gasteiger charge is 1.86. The summed E-state index contributed by atoms with van der Waals surface area (Å²) in [5, 5.41) is 0.825. The molecule has 11 heavy (non-hydrogen) atoms. The molecule has 0 aliphatic rings. The van der Waals surface area contributed by atoms with Crippen LogP contribution in [0, 0.1) is 0 Å². The van der Waals surface area contributed by atoms with Crippen LogP contribution in [-0.2, 0) is 0 Å².